The minimum absolute atomic E-state index is 0.0555. The van der Waals surface area contributed by atoms with Gasteiger partial charge < -0.3 is 9.88 Å². The van der Waals surface area contributed by atoms with Gasteiger partial charge in [0.15, 0.2) is 0 Å². The lowest BCUT2D eigenvalue weighted by Gasteiger charge is -2.30. The van der Waals surface area contributed by atoms with Gasteiger partial charge in [0.1, 0.15) is 0 Å². The zero-order chi connectivity index (χ0) is 23.3. The van der Waals surface area contributed by atoms with E-state index in [0.717, 1.165) is 18.7 Å². The van der Waals surface area contributed by atoms with Crippen LogP contribution < -0.4 is 5.32 Å². The zero-order valence-corrected chi connectivity index (χ0v) is 19.8. The van der Waals surface area contributed by atoms with E-state index in [1.165, 1.54) is 22.0 Å². The fourth-order valence-electron chi connectivity index (χ4n) is 4.48. The van der Waals surface area contributed by atoms with Crippen LogP contribution in [0.2, 0.25) is 0 Å². The molecule has 4 rings (SSSR count). The standard InChI is InChI=1S/C29H33N3O/c1-29(2,3)26(19-28(33)31-18-16-23-13-9-10-17-30-23)25-21-32(20-22-11-5-4-6-12-22)27-15-8-7-14-24(25)27/h4-15,17,21,26H,16,18-20H2,1-3H3,(H,31,33). The molecule has 1 amide bonds. The average molecular weight is 440 g/mol. The van der Waals surface area contributed by atoms with Gasteiger partial charge in [0, 0.05) is 54.9 Å². The SMILES string of the molecule is CC(C)(C)C(CC(=O)NCCc1ccccn1)c1cn(Cc2ccccc2)c2ccccc12. The topological polar surface area (TPSA) is 46.9 Å². The summed E-state index contributed by atoms with van der Waals surface area (Å²) in [5, 5.41) is 4.34. The lowest BCUT2D eigenvalue weighted by atomic mass is 9.74. The van der Waals surface area contributed by atoms with E-state index in [1.54, 1.807) is 6.20 Å². The van der Waals surface area contributed by atoms with Crippen LogP contribution in [0.25, 0.3) is 10.9 Å². The van der Waals surface area contributed by atoms with Crippen LogP contribution in [-0.2, 0) is 17.8 Å². The molecule has 170 valence electrons. The Morgan fingerprint density at radius 1 is 0.970 bits per heavy atom. The Hall–Kier alpha value is -3.40. The van der Waals surface area contributed by atoms with Crippen molar-refractivity contribution in [1.82, 2.24) is 14.9 Å². The van der Waals surface area contributed by atoms with E-state index in [9.17, 15) is 4.79 Å². The van der Waals surface area contributed by atoms with Gasteiger partial charge in [0.25, 0.3) is 0 Å². The van der Waals surface area contributed by atoms with Crippen molar-refractivity contribution in [3.63, 3.8) is 0 Å². The van der Waals surface area contributed by atoms with E-state index in [-0.39, 0.29) is 17.2 Å². The van der Waals surface area contributed by atoms with Gasteiger partial charge in [0.2, 0.25) is 5.91 Å². The minimum atomic E-state index is -0.0555. The van der Waals surface area contributed by atoms with Gasteiger partial charge in [-0.05, 0) is 40.7 Å². The van der Waals surface area contributed by atoms with Crippen molar-refractivity contribution in [3.05, 3.63) is 102 Å². The van der Waals surface area contributed by atoms with Crippen LogP contribution in [0.3, 0.4) is 0 Å². The predicted octanol–water partition coefficient (Wildman–Crippen LogP) is 5.96. The number of amides is 1. The molecule has 0 bridgehead atoms. The average Bonchev–Trinajstić information content (AvgIpc) is 3.16. The molecule has 1 N–H and O–H groups in total. The third kappa shape index (κ3) is 5.70. The largest absolute Gasteiger partial charge is 0.356 e. The molecule has 2 aromatic carbocycles. The summed E-state index contributed by atoms with van der Waals surface area (Å²) >= 11 is 0. The first-order chi connectivity index (χ1) is 15.9. The molecule has 1 unspecified atom stereocenters. The molecule has 1 atom stereocenters. The molecule has 4 nitrogen and oxygen atoms in total. The minimum Gasteiger partial charge on any atom is -0.356 e. The molecule has 0 aliphatic rings. The number of carbonyl (C=O) groups excluding carboxylic acids is 1. The maximum Gasteiger partial charge on any atom is 0.220 e. The molecule has 0 aliphatic heterocycles. The maximum atomic E-state index is 13.0. The molecule has 4 heteroatoms. The second kappa shape index (κ2) is 10.0. The summed E-state index contributed by atoms with van der Waals surface area (Å²) < 4.78 is 2.32. The molecule has 0 saturated carbocycles. The van der Waals surface area contributed by atoms with Crippen molar-refractivity contribution in [2.45, 2.75) is 46.1 Å². The highest BCUT2D eigenvalue weighted by atomic mass is 16.1. The Kier molecular flexibility index (Phi) is 6.93. The molecule has 33 heavy (non-hydrogen) atoms. The van der Waals surface area contributed by atoms with Gasteiger partial charge in [-0.25, -0.2) is 0 Å². The fraction of sp³-hybridized carbons (Fsp3) is 0.310. The second-order valence-electron chi connectivity index (χ2n) is 9.76. The molecule has 0 aliphatic carbocycles. The van der Waals surface area contributed by atoms with Crippen molar-refractivity contribution in [2.24, 2.45) is 5.41 Å². The molecule has 0 radical (unpaired) electrons. The number of para-hydroxylation sites is 1. The number of aromatic nitrogens is 2. The fourth-order valence-corrected chi connectivity index (χ4v) is 4.48. The summed E-state index contributed by atoms with van der Waals surface area (Å²) in [7, 11) is 0. The van der Waals surface area contributed by atoms with Gasteiger partial charge in [-0.2, -0.15) is 0 Å². The predicted molar refractivity (Wildman–Crippen MR) is 135 cm³/mol. The third-order valence-corrected chi connectivity index (χ3v) is 6.25. The number of rotatable bonds is 8. The summed E-state index contributed by atoms with van der Waals surface area (Å²) in [6, 6.07) is 24.9. The van der Waals surface area contributed by atoms with Crippen LogP contribution in [0.15, 0.2) is 85.2 Å². The highest BCUT2D eigenvalue weighted by Crippen LogP contribution is 2.41. The van der Waals surface area contributed by atoms with Gasteiger partial charge in [-0.3, -0.25) is 9.78 Å². The maximum absolute atomic E-state index is 13.0. The van der Waals surface area contributed by atoms with Crippen molar-refractivity contribution in [3.8, 4) is 0 Å². The normalized spacial score (nSPS) is 12.6. The molecule has 0 fully saturated rings. The lowest BCUT2D eigenvalue weighted by Crippen LogP contribution is -2.30. The number of pyridine rings is 1. The van der Waals surface area contributed by atoms with Crippen LogP contribution in [-0.4, -0.2) is 22.0 Å². The van der Waals surface area contributed by atoms with Crippen LogP contribution in [0.4, 0.5) is 0 Å². The van der Waals surface area contributed by atoms with Crippen LogP contribution in [0.1, 0.15) is 49.9 Å². The van der Waals surface area contributed by atoms with Gasteiger partial charge in [0.05, 0.1) is 0 Å². The second-order valence-corrected chi connectivity index (χ2v) is 9.76. The summed E-state index contributed by atoms with van der Waals surface area (Å²) in [6.07, 6.45) is 5.25. The molecule has 4 aromatic rings. The smallest absolute Gasteiger partial charge is 0.220 e. The Bertz CT molecular complexity index is 1190. The first kappa shape index (κ1) is 22.8. The Morgan fingerprint density at radius 2 is 1.70 bits per heavy atom. The highest BCUT2D eigenvalue weighted by Gasteiger charge is 2.31. The summed E-state index contributed by atoms with van der Waals surface area (Å²) in [6.45, 7) is 8.09. The number of nitrogens with zero attached hydrogens (tertiary/aromatic N) is 2. The van der Waals surface area contributed by atoms with Gasteiger partial charge >= 0.3 is 0 Å². The molecule has 0 spiro atoms. The van der Waals surface area contributed by atoms with E-state index in [0.29, 0.717) is 13.0 Å². The lowest BCUT2D eigenvalue weighted by molar-refractivity contribution is -0.122. The summed E-state index contributed by atoms with van der Waals surface area (Å²) in [5.74, 6) is 0.194. The van der Waals surface area contributed by atoms with Crippen molar-refractivity contribution in [1.29, 1.82) is 0 Å². The molecule has 2 aromatic heterocycles. The van der Waals surface area contributed by atoms with Crippen LogP contribution >= 0.6 is 0 Å². The first-order valence-corrected chi connectivity index (χ1v) is 11.7. The number of benzene rings is 2. The highest BCUT2D eigenvalue weighted by molar-refractivity contribution is 5.86. The van der Waals surface area contributed by atoms with E-state index in [2.05, 4.69) is 90.4 Å². The monoisotopic (exact) mass is 439 g/mol. The van der Waals surface area contributed by atoms with E-state index >= 15 is 0 Å². The first-order valence-electron chi connectivity index (χ1n) is 11.7. The van der Waals surface area contributed by atoms with Crippen molar-refractivity contribution >= 4 is 16.8 Å². The van der Waals surface area contributed by atoms with E-state index < -0.39 is 0 Å². The molecular weight excluding hydrogens is 406 g/mol. The van der Waals surface area contributed by atoms with E-state index in [1.807, 2.05) is 24.3 Å². The molecule has 0 saturated heterocycles. The van der Waals surface area contributed by atoms with Gasteiger partial charge in [-0.1, -0.05) is 75.4 Å². The number of carbonyl (C=O) groups is 1. The summed E-state index contributed by atoms with van der Waals surface area (Å²) in [5.41, 5.74) is 4.66. The molecule has 2 heterocycles. The van der Waals surface area contributed by atoms with Gasteiger partial charge in [-0.15, -0.1) is 0 Å². The van der Waals surface area contributed by atoms with Crippen molar-refractivity contribution in [2.75, 3.05) is 6.54 Å². The zero-order valence-electron chi connectivity index (χ0n) is 19.8. The number of hydrogen-bond acceptors (Lipinski definition) is 2. The Morgan fingerprint density at radius 3 is 2.42 bits per heavy atom. The summed E-state index contributed by atoms with van der Waals surface area (Å²) in [4.78, 5) is 17.3. The van der Waals surface area contributed by atoms with Crippen LogP contribution in [0.5, 0.6) is 0 Å². The quantitative estimate of drug-likeness (QED) is 0.368. The van der Waals surface area contributed by atoms with Crippen molar-refractivity contribution < 1.29 is 4.79 Å². The molecular formula is C29H33N3O. The Labute approximate surface area is 196 Å². The van der Waals surface area contributed by atoms with Crippen LogP contribution in [0, 0.1) is 5.41 Å². The van der Waals surface area contributed by atoms with E-state index in [4.69, 9.17) is 0 Å². The number of hydrogen-bond donors (Lipinski definition) is 1. The number of nitrogens with one attached hydrogen (secondary N) is 1. The number of fused-ring (bicyclic) bond motifs is 1. The Balaban J connectivity index is 1.55. The third-order valence-electron chi connectivity index (χ3n) is 6.25.